The van der Waals surface area contributed by atoms with Crippen molar-refractivity contribution >= 4 is 28.8 Å². The van der Waals surface area contributed by atoms with Crippen LogP contribution in [0.1, 0.15) is 6.92 Å². The average Bonchev–Trinajstić information content (AvgIpc) is 2.64. The van der Waals surface area contributed by atoms with Crippen LogP contribution in [0.5, 0.6) is 11.5 Å². The van der Waals surface area contributed by atoms with E-state index in [0.717, 1.165) is 10.8 Å². The number of hydrogen-bond donors (Lipinski definition) is 1. The minimum atomic E-state index is -4.03. The lowest BCUT2D eigenvalue weighted by Crippen LogP contribution is -2.28. The number of carbonyl (C=O) groups excluding carboxylic acids is 1. The van der Waals surface area contributed by atoms with E-state index in [0.29, 0.717) is 18.1 Å². The Morgan fingerprint density at radius 1 is 1.08 bits per heavy atom. The van der Waals surface area contributed by atoms with Gasteiger partial charge in [-0.3, -0.25) is 0 Å². The summed E-state index contributed by atoms with van der Waals surface area (Å²) in [6.07, 6.45) is 0. The van der Waals surface area contributed by atoms with Crippen molar-refractivity contribution in [2.24, 2.45) is 0 Å². The van der Waals surface area contributed by atoms with Crippen molar-refractivity contribution in [3.63, 3.8) is 0 Å². The molecule has 0 bridgehead atoms. The van der Waals surface area contributed by atoms with E-state index in [-0.39, 0.29) is 6.61 Å². The quantitative estimate of drug-likeness (QED) is 0.216. The average molecular weight is 390 g/mol. The second-order valence-corrected chi connectivity index (χ2v) is 5.58. The molecule has 7 nitrogen and oxygen atoms in total. The summed E-state index contributed by atoms with van der Waals surface area (Å²) in [5, 5.41) is 8.44. The van der Waals surface area contributed by atoms with Crippen molar-refractivity contribution in [2.75, 3.05) is 19.8 Å². The SMILES string of the molecule is CCOc1cccc2c(OCCOC(=O)C(F)(F)SOOO)cccc12. The van der Waals surface area contributed by atoms with Gasteiger partial charge in [-0.2, -0.15) is 8.78 Å². The van der Waals surface area contributed by atoms with Gasteiger partial charge in [0.25, 0.3) is 0 Å². The van der Waals surface area contributed by atoms with Crippen LogP contribution < -0.4 is 9.47 Å². The topological polar surface area (TPSA) is 83.5 Å². The molecule has 2 aromatic carbocycles. The largest absolute Gasteiger partial charge is 0.493 e. The van der Waals surface area contributed by atoms with Crippen LogP contribution >= 0.6 is 12.0 Å². The number of fused-ring (bicyclic) bond motifs is 1. The van der Waals surface area contributed by atoms with Gasteiger partial charge in [0.05, 0.1) is 6.61 Å². The van der Waals surface area contributed by atoms with E-state index < -0.39 is 29.9 Å². The van der Waals surface area contributed by atoms with Crippen molar-refractivity contribution in [2.45, 2.75) is 12.2 Å². The van der Waals surface area contributed by atoms with Gasteiger partial charge in [0.1, 0.15) is 36.8 Å². The van der Waals surface area contributed by atoms with Crippen LogP contribution in [0.3, 0.4) is 0 Å². The molecule has 0 spiro atoms. The first kappa shape index (κ1) is 20.2. The molecule has 10 heteroatoms. The van der Waals surface area contributed by atoms with Gasteiger partial charge < -0.3 is 14.2 Å². The smallest absolute Gasteiger partial charge is 0.415 e. The number of benzene rings is 2. The highest BCUT2D eigenvalue weighted by atomic mass is 32.2. The second kappa shape index (κ2) is 9.53. The van der Waals surface area contributed by atoms with Gasteiger partial charge in [-0.05, 0) is 19.1 Å². The van der Waals surface area contributed by atoms with Crippen LogP contribution in [0, 0.1) is 0 Å². The van der Waals surface area contributed by atoms with Crippen molar-refractivity contribution in [3.8, 4) is 11.5 Å². The van der Waals surface area contributed by atoms with Crippen LogP contribution in [0.2, 0.25) is 0 Å². The van der Waals surface area contributed by atoms with Crippen molar-refractivity contribution in [1.82, 2.24) is 0 Å². The maximum atomic E-state index is 13.2. The van der Waals surface area contributed by atoms with E-state index in [1.807, 2.05) is 25.1 Å². The maximum Gasteiger partial charge on any atom is 0.415 e. The summed E-state index contributed by atoms with van der Waals surface area (Å²) >= 11 is -0.686. The Bertz CT molecular complexity index is 742. The van der Waals surface area contributed by atoms with Crippen LogP contribution in [0.15, 0.2) is 36.4 Å². The van der Waals surface area contributed by atoms with Gasteiger partial charge >= 0.3 is 11.2 Å². The van der Waals surface area contributed by atoms with E-state index in [9.17, 15) is 13.6 Å². The summed E-state index contributed by atoms with van der Waals surface area (Å²) in [5.74, 6) is -0.650. The zero-order valence-electron chi connectivity index (χ0n) is 13.6. The summed E-state index contributed by atoms with van der Waals surface area (Å²) < 4.78 is 45.4. The van der Waals surface area contributed by atoms with Crippen molar-refractivity contribution < 1.29 is 42.4 Å². The summed E-state index contributed by atoms with van der Waals surface area (Å²) in [5.41, 5.74) is 0. The molecule has 0 atom stereocenters. The first-order valence-corrected chi connectivity index (χ1v) is 8.22. The molecular weight excluding hydrogens is 374 g/mol. The lowest BCUT2D eigenvalue weighted by molar-refractivity contribution is -0.433. The number of halogens is 2. The van der Waals surface area contributed by atoms with Gasteiger partial charge in [0.15, 0.2) is 0 Å². The third-order valence-corrected chi connectivity index (χ3v) is 3.63. The van der Waals surface area contributed by atoms with E-state index in [4.69, 9.17) is 14.7 Å². The van der Waals surface area contributed by atoms with Gasteiger partial charge in [-0.25, -0.2) is 10.1 Å². The van der Waals surface area contributed by atoms with Gasteiger partial charge in [0, 0.05) is 10.8 Å². The second-order valence-electron chi connectivity index (χ2n) is 4.77. The third kappa shape index (κ3) is 5.18. The lowest BCUT2D eigenvalue weighted by atomic mass is 10.1. The molecule has 1 N–H and O–H groups in total. The number of hydrogen-bond acceptors (Lipinski definition) is 8. The first-order chi connectivity index (χ1) is 12.5. The number of rotatable bonds is 10. The standard InChI is InChI=1S/C16H16F2O7S/c1-2-21-13-7-3-6-12-11(13)5-4-8-14(12)22-9-10-23-15(19)16(17,18)26-25-24-20/h3-8,20H,2,9-10H2,1H3. The van der Waals surface area contributed by atoms with Crippen LogP contribution in [0.4, 0.5) is 8.78 Å². The maximum absolute atomic E-state index is 13.2. The molecule has 0 saturated carbocycles. The fourth-order valence-corrected chi connectivity index (χ4v) is 2.36. The molecule has 0 aromatic heterocycles. The molecule has 0 heterocycles. The van der Waals surface area contributed by atoms with Crippen LogP contribution in [0.25, 0.3) is 10.8 Å². The van der Waals surface area contributed by atoms with Crippen LogP contribution in [-0.4, -0.2) is 36.3 Å². The normalized spacial score (nSPS) is 11.4. The molecule has 2 rings (SSSR count). The number of esters is 1. The fraction of sp³-hybridized carbons (Fsp3) is 0.312. The molecule has 0 aliphatic carbocycles. The van der Waals surface area contributed by atoms with Gasteiger partial charge in [-0.15, -0.1) is 4.33 Å². The zero-order valence-corrected chi connectivity index (χ0v) is 14.5. The molecule has 0 radical (unpaired) electrons. The van der Waals surface area contributed by atoms with Crippen molar-refractivity contribution in [3.05, 3.63) is 36.4 Å². The predicted molar refractivity (Wildman–Crippen MR) is 88.9 cm³/mol. The number of ether oxygens (including phenoxy) is 3. The molecule has 0 fully saturated rings. The molecule has 2 aromatic rings. The van der Waals surface area contributed by atoms with E-state index in [2.05, 4.69) is 14.1 Å². The Balaban J connectivity index is 1.94. The molecule has 0 aliphatic rings. The minimum Gasteiger partial charge on any atom is -0.493 e. The Hall–Kier alpha value is -2.14. The summed E-state index contributed by atoms with van der Waals surface area (Å²) in [4.78, 5) is 11.2. The van der Waals surface area contributed by atoms with Gasteiger partial charge in [0.2, 0.25) is 0 Å². The van der Waals surface area contributed by atoms with Gasteiger partial charge in [-0.1, -0.05) is 29.3 Å². The summed E-state index contributed by atoms with van der Waals surface area (Å²) in [7, 11) is 0. The molecule has 0 aliphatic heterocycles. The Morgan fingerprint density at radius 3 is 2.27 bits per heavy atom. The highest BCUT2D eigenvalue weighted by molar-refractivity contribution is 7.96. The van der Waals surface area contributed by atoms with Crippen LogP contribution in [-0.2, 0) is 18.9 Å². The zero-order chi connectivity index (χ0) is 19.0. The summed E-state index contributed by atoms with van der Waals surface area (Å²) in [6, 6.07) is 10.8. The van der Waals surface area contributed by atoms with Crippen molar-refractivity contribution in [1.29, 1.82) is 0 Å². The Morgan fingerprint density at radius 2 is 1.69 bits per heavy atom. The predicted octanol–water partition coefficient (Wildman–Crippen LogP) is 3.82. The van der Waals surface area contributed by atoms with E-state index >= 15 is 0 Å². The monoisotopic (exact) mass is 390 g/mol. The lowest BCUT2D eigenvalue weighted by Gasteiger charge is -2.14. The highest BCUT2D eigenvalue weighted by Crippen LogP contribution is 2.33. The highest BCUT2D eigenvalue weighted by Gasteiger charge is 2.44. The molecule has 142 valence electrons. The van der Waals surface area contributed by atoms with E-state index in [1.54, 1.807) is 18.2 Å². The Labute approximate surface area is 151 Å². The molecular formula is C16H16F2O7S. The molecule has 26 heavy (non-hydrogen) atoms. The minimum absolute atomic E-state index is 0.137. The molecule has 0 unspecified atom stereocenters. The molecule has 0 saturated heterocycles. The first-order valence-electron chi connectivity index (χ1n) is 7.48. The number of alkyl halides is 2. The Kier molecular flexibility index (Phi) is 7.39. The fourth-order valence-electron chi connectivity index (χ4n) is 2.12. The van der Waals surface area contributed by atoms with E-state index in [1.165, 1.54) is 0 Å². The molecule has 0 amide bonds. The third-order valence-electron chi connectivity index (χ3n) is 3.12. The number of carbonyl (C=O) groups is 1. The summed E-state index contributed by atoms with van der Waals surface area (Å²) in [6.45, 7) is 1.84.